The van der Waals surface area contributed by atoms with Crippen molar-refractivity contribution < 1.29 is 9.15 Å². The van der Waals surface area contributed by atoms with Crippen LogP contribution in [0.3, 0.4) is 0 Å². The zero-order chi connectivity index (χ0) is 19.3. The molecule has 8 heteroatoms. The maximum atomic E-state index is 5.81. The molecule has 1 N–H and O–H groups in total. The summed E-state index contributed by atoms with van der Waals surface area (Å²) in [6, 6.07) is 0. The number of hydrogen-bond donors (Lipinski definition) is 1. The van der Waals surface area contributed by atoms with Crippen LogP contribution in [0.5, 0.6) is 0 Å². The Morgan fingerprint density at radius 3 is 2.77 bits per heavy atom. The molecule has 1 atom stereocenters. The van der Waals surface area contributed by atoms with Gasteiger partial charge in [-0.05, 0) is 6.92 Å². The molecule has 2 aromatic heterocycles. The van der Waals surface area contributed by atoms with E-state index in [1.54, 1.807) is 31.7 Å². The van der Waals surface area contributed by atoms with Crippen LogP contribution in [0.1, 0.15) is 56.2 Å². The number of aromatic nitrogens is 2. The lowest BCUT2D eigenvalue weighted by molar-refractivity contribution is 0.119. The summed E-state index contributed by atoms with van der Waals surface area (Å²) in [6.07, 6.45) is 1.80. The van der Waals surface area contributed by atoms with E-state index in [9.17, 15) is 0 Å². The van der Waals surface area contributed by atoms with Crippen LogP contribution in [0.2, 0.25) is 0 Å². The van der Waals surface area contributed by atoms with E-state index in [1.165, 1.54) is 0 Å². The maximum absolute atomic E-state index is 5.81. The van der Waals surface area contributed by atoms with Crippen LogP contribution in [-0.4, -0.2) is 42.0 Å². The third-order valence-electron chi connectivity index (χ3n) is 3.93. The maximum Gasteiger partial charge on any atom is 0.213 e. The molecule has 0 bridgehead atoms. The summed E-state index contributed by atoms with van der Waals surface area (Å²) in [5.41, 5.74) is 0.941. The highest BCUT2D eigenvalue weighted by molar-refractivity contribution is 7.09. The molecule has 1 unspecified atom stereocenters. The monoisotopic (exact) mass is 379 g/mol. The normalized spacial score (nSPS) is 13.7. The Labute approximate surface area is 159 Å². The van der Waals surface area contributed by atoms with Gasteiger partial charge in [-0.1, -0.05) is 20.8 Å². The van der Waals surface area contributed by atoms with Crippen LogP contribution in [0.15, 0.2) is 21.0 Å². The van der Waals surface area contributed by atoms with Crippen LogP contribution >= 0.6 is 11.3 Å². The second kappa shape index (κ2) is 8.64. The summed E-state index contributed by atoms with van der Waals surface area (Å²) in [5.74, 6) is 2.28. The molecule has 144 valence electrons. The van der Waals surface area contributed by atoms with E-state index >= 15 is 0 Å². The second-order valence-corrected chi connectivity index (χ2v) is 8.07. The molecule has 0 aliphatic heterocycles. The van der Waals surface area contributed by atoms with Gasteiger partial charge in [-0.25, -0.2) is 9.97 Å². The van der Waals surface area contributed by atoms with Gasteiger partial charge in [0, 0.05) is 32.0 Å². The van der Waals surface area contributed by atoms with Gasteiger partial charge in [0.2, 0.25) is 5.89 Å². The number of ether oxygens (including phenoxy) is 1. The zero-order valence-corrected chi connectivity index (χ0v) is 17.5. The average molecular weight is 380 g/mol. The summed E-state index contributed by atoms with van der Waals surface area (Å²) in [4.78, 5) is 15.3. The van der Waals surface area contributed by atoms with E-state index < -0.39 is 0 Å². The van der Waals surface area contributed by atoms with Gasteiger partial charge in [0.05, 0.1) is 25.0 Å². The molecule has 0 saturated carbocycles. The molecule has 2 heterocycles. The average Bonchev–Trinajstić information content (AvgIpc) is 3.23. The molecule has 26 heavy (non-hydrogen) atoms. The van der Waals surface area contributed by atoms with Gasteiger partial charge in [0.25, 0.3) is 0 Å². The van der Waals surface area contributed by atoms with Crippen molar-refractivity contribution in [2.24, 2.45) is 4.99 Å². The Morgan fingerprint density at radius 2 is 2.19 bits per heavy atom. The van der Waals surface area contributed by atoms with E-state index in [1.807, 2.05) is 18.9 Å². The molecule has 7 nitrogen and oxygen atoms in total. The van der Waals surface area contributed by atoms with Crippen LogP contribution in [-0.2, 0) is 23.2 Å². The van der Waals surface area contributed by atoms with Gasteiger partial charge in [-0.15, -0.1) is 11.3 Å². The minimum absolute atomic E-state index is 0.0125. The fraction of sp³-hybridized carbons (Fsp3) is 0.611. The number of guanidine groups is 1. The van der Waals surface area contributed by atoms with Crippen LogP contribution in [0, 0.1) is 0 Å². The molecular weight excluding hydrogens is 350 g/mol. The van der Waals surface area contributed by atoms with Gasteiger partial charge in [0.1, 0.15) is 16.9 Å². The minimum Gasteiger partial charge on any atom is -0.443 e. The lowest BCUT2D eigenvalue weighted by atomic mass is 9.94. The molecule has 0 radical (unpaired) electrons. The van der Waals surface area contributed by atoms with Crippen molar-refractivity contribution in [3.63, 3.8) is 0 Å². The third kappa shape index (κ3) is 5.28. The van der Waals surface area contributed by atoms with Crippen molar-refractivity contribution in [2.45, 2.75) is 52.3 Å². The Kier molecular flexibility index (Phi) is 6.77. The summed E-state index contributed by atoms with van der Waals surface area (Å²) in [7, 11) is 5.43. The van der Waals surface area contributed by atoms with Crippen molar-refractivity contribution in [3.05, 3.63) is 33.9 Å². The summed E-state index contributed by atoms with van der Waals surface area (Å²) < 4.78 is 11.1. The highest BCUT2D eigenvalue weighted by atomic mass is 32.1. The van der Waals surface area contributed by atoms with E-state index in [2.05, 4.69) is 46.4 Å². The highest BCUT2D eigenvalue weighted by Crippen LogP contribution is 2.23. The number of aliphatic imine (C=N–C) groups is 1. The van der Waals surface area contributed by atoms with E-state index in [0.717, 1.165) is 22.4 Å². The first-order valence-corrected chi connectivity index (χ1v) is 9.46. The number of nitrogens with one attached hydrogen (secondary N) is 1. The first kappa shape index (κ1) is 20.4. The first-order chi connectivity index (χ1) is 12.2. The van der Waals surface area contributed by atoms with Crippen LogP contribution in [0.25, 0.3) is 0 Å². The zero-order valence-electron chi connectivity index (χ0n) is 16.7. The molecule has 0 aromatic carbocycles. The van der Waals surface area contributed by atoms with Crippen molar-refractivity contribution in [1.82, 2.24) is 20.2 Å². The van der Waals surface area contributed by atoms with Gasteiger partial charge >= 0.3 is 0 Å². The lowest BCUT2D eigenvalue weighted by Crippen LogP contribution is -2.38. The summed E-state index contributed by atoms with van der Waals surface area (Å²) in [6.45, 7) is 9.44. The van der Waals surface area contributed by atoms with Gasteiger partial charge in [-0.3, -0.25) is 4.99 Å². The lowest BCUT2D eigenvalue weighted by Gasteiger charge is -2.20. The minimum atomic E-state index is -0.0502. The number of thiazole rings is 1. The van der Waals surface area contributed by atoms with Crippen LogP contribution < -0.4 is 5.32 Å². The van der Waals surface area contributed by atoms with E-state index in [0.29, 0.717) is 19.0 Å². The Bertz CT molecular complexity index is 732. The first-order valence-electron chi connectivity index (χ1n) is 8.58. The Hall–Kier alpha value is -1.93. The number of nitrogens with zero attached hydrogens (tertiary/aromatic N) is 4. The number of oxazole rings is 1. The van der Waals surface area contributed by atoms with Gasteiger partial charge in [-0.2, -0.15) is 0 Å². The highest BCUT2D eigenvalue weighted by Gasteiger charge is 2.19. The molecule has 0 amide bonds. The molecule has 0 saturated heterocycles. The molecule has 0 aliphatic rings. The fourth-order valence-electron chi connectivity index (χ4n) is 2.28. The predicted molar refractivity (Wildman–Crippen MR) is 104 cm³/mol. The molecule has 2 rings (SSSR count). The quantitative estimate of drug-likeness (QED) is 0.613. The molecule has 2 aromatic rings. The topological polar surface area (TPSA) is 75.8 Å². The van der Waals surface area contributed by atoms with E-state index in [4.69, 9.17) is 9.15 Å². The second-order valence-electron chi connectivity index (χ2n) is 7.18. The van der Waals surface area contributed by atoms with Crippen molar-refractivity contribution in [3.8, 4) is 0 Å². The molecule has 0 fully saturated rings. The van der Waals surface area contributed by atoms with E-state index in [-0.39, 0.29) is 11.5 Å². The fourth-order valence-corrected chi connectivity index (χ4v) is 3.12. The summed E-state index contributed by atoms with van der Waals surface area (Å²) in [5, 5.41) is 6.32. The molecular formula is C18H29N5O2S. The van der Waals surface area contributed by atoms with Gasteiger partial charge in [0.15, 0.2) is 5.96 Å². The van der Waals surface area contributed by atoms with Crippen molar-refractivity contribution in [1.29, 1.82) is 0 Å². The SMILES string of the molecule is CN=C(NCc1ncc(C(C)(C)C)o1)N(C)Cc1csc(C(C)OC)n1. The standard InChI is InChI=1S/C18H29N5O2S/c1-12(24-7)16-22-13(11-26-16)10-23(6)17(19-5)21-9-15-20-8-14(25-15)18(2,3)4/h8,11-12H,9-10H2,1-7H3,(H,19,21). The third-order valence-corrected chi connectivity index (χ3v) is 4.99. The molecule has 0 spiro atoms. The summed E-state index contributed by atoms with van der Waals surface area (Å²) >= 11 is 1.61. The number of methoxy groups -OCH3 is 1. The number of rotatable bonds is 6. The number of hydrogen-bond acceptors (Lipinski definition) is 6. The Morgan fingerprint density at radius 1 is 1.46 bits per heavy atom. The molecule has 0 aliphatic carbocycles. The van der Waals surface area contributed by atoms with Crippen molar-refractivity contribution >= 4 is 17.3 Å². The predicted octanol–water partition coefficient (Wildman–Crippen LogP) is 3.34. The van der Waals surface area contributed by atoms with Crippen LogP contribution in [0.4, 0.5) is 0 Å². The van der Waals surface area contributed by atoms with Crippen molar-refractivity contribution in [2.75, 3.05) is 21.2 Å². The largest absolute Gasteiger partial charge is 0.443 e. The smallest absolute Gasteiger partial charge is 0.213 e. The Balaban J connectivity index is 1.93. The van der Waals surface area contributed by atoms with Gasteiger partial charge < -0.3 is 19.4 Å².